The van der Waals surface area contributed by atoms with E-state index in [-0.39, 0.29) is 5.02 Å². The third-order valence-corrected chi connectivity index (χ3v) is 4.29. The predicted octanol–water partition coefficient (Wildman–Crippen LogP) is 3.81. The van der Waals surface area contributed by atoms with E-state index in [1.807, 2.05) is 48.7 Å². The van der Waals surface area contributed by atoms with E-state index in [0.717, 1.165) is 16.5 Å². The molecule has 0 bridgehead atoms. The van der Waals surface area contributed by atoms with Crippen LogP contribution in [0.2, 0.25) is 5.02 Å². The fraction of sp³-hybridized carbons (Fsp3) is 0. The van der Waals surface area contributed by atoms with Crippen molar-refractivity contribution in [3.05, 3.63) is 87.9 Å². The van der Waals surface area contributed by atoms with E-state index < -0.39 is 5.56 Å². The quantitative estimate of drug-likeness (QED) is 0.427. The first-order chi connectivity index (χ1) is 12.7. The molecule has 0 saturated carbocycles. The number of hydrazone groups is 1. The summed E-state index contributed by atoms with van der Waals surface area (Å²) in [6, 6.07) is 17.0. The van der Waals surface area contributed by atoms with E-state index in [0.29, 0.717) is 11.4 Å². The lowest BCUT2D eigenvalue weighted by Crippen LogP contribution is -2.22. The molecule has 0 fully saturated rings. The van der Waals surface area contributed by atoms with E-state index in [1.54, 1.807) is 18.3 Å². The van der Waals surface area contributed by atoms with Crippen LogP contribution in [0.5, 0.6) is 0 Å². The number of hydrogen-bond donors (Lipinski definition) is 2. The van der Waals surface area contributed by atoms with Crippen molar-refractivity contribution in [2.24, 2.45) is 5.10 Å². The summed E-state index contributed by atoms with van der Waals surface area (Å²) in [5.41, 5.74) is 5.32. The Morgan fingerprint density at radius 1 is 1.12 bits per heavy atom. The molecule has 2 aromatic carbocycles. The van der Waals surface area contributed by atoms with Crippen molar-refractivity contribution in [2.75, 3.05) is 5.43 Å². The Morgan fingerprint density at radius 2 is 1.88 bits per heavy atom. The minimum Gasteiger partial charge on any atom is -0.361 e. The van der Waals surface area contributed by atoms with Gasteiger partial charge in [0.05, 0.1) is 18.1 Å². The molecule has 128 valence electrons. The fourth-order valence-electron chi connectivity index (χ4n) is 2.64. The summed E-state index contributed by atoms with van der Waals surface area (Å²) < 4.78 is 1.25. The zero-order valence-corrected chi connectivity index (χ0v) is 14.3. The monoisotopic (exact) mass is 363 g/mol. The van der Waals surface area contributed by atoms with Gasteiger partial charge in [-0.15, -0.1) is 0 Å². The highest BCUT2D eigenvalue weighted by atomic mass is 35.5. The lowest BCUT2D eigenvalue weighted by atomic mass is 10.2. The number of hydrogen-bond acceptors (Lipinski definition) is 4. The van der Waals surface area contributed by atoms with E-state index in [1.165, 1.54) is 10.9 Å². The Kier molecular flexibility index (Phi) is 4.25. The molecule has 0 atom stereocenters. The van der Waals surface area contributed by atoms with Crippen molar-refractivity contribution in [1.82, 2.24) is 14.8 Å². The molecular formula is C19H14ClN5O. The molecule has 2 aromatic heterocycles. The minimum absolute atomic E-state index is 0.0277. The molecule has 2 heterocycles. The molecule has 0 aliphatic rings. The van der Waals surface area contributed by atoms with Crippen LogP contribution in [-0.4, -0.2) is 21.0 Å². The Labute approximate surface area is 153 Å². The van der Waals surface area contributed by atoms with Gasteiger partial charge in [0.1, 0.15) is 10.7 Å². The van der Waals surface area contributed by atoms with Crippen molar-refractivity contribution < 1.29 is 0 Å². The molecule has 0 aliphatic heterocycles. The summed E-state index contributed by atoms with van der Waals surface area (Å²) in [6.45, 7) is 0. The van der Waals surface area contributed by atoms with Crippen molar-refractivity contribution in [2.45, 2.75) is 0 Å². The molecule has 0 spiro atoms. The standard InChI is InChI=1S/C19H14ClN5O/c20-18-17(12-23-25(19(18)26)14-6-2-1-3-7-14)24-22-11-13-10-21-16-9-5-4-8-15(13)16/h1-12,21,24H/b22-11+. The van der Waals surface area contributed by atoms with E-state index in [2.05, 4.69) is 20.6 Å². The van der Waals surface area contributed by atoms with Crippen LogP contribution in [0.4, 0.5) is 5.69 Å². The van der Waals surface area contributed by atoms with Gasteiger partial charge in [0.25, 0.3) is 5.56 Å². The molecule has 4 rings (SSSR count). The van der Waals surface area contributed by atoms with E-state index >= 15 is 0 Å². The largest absolute Gasteiger partial charge is 0.361 e. The summed E-state index contributed by atoms with van der Waals surface area (Å²) in [5, 5.41) is 9.41. The summed E-state index contributed by atoms with van der Waals surface area (Å²) in [4.78, 5) is 15.6. The second-order valence-electron chi connectivity index (χ2n) is 5.58. The highest BCUT2D eigenvalue weighted by Crippen LogP contribution is 2.18. The Balaban J connectivity index is 1.59. The molecule has 0 aliphatic carbocycles. The van der Waals surface area contributed by atoms with Gasteiger partial charge in [-0.05, 0) is 18.2 Å². The van der Waals surface area contributed by atoms with Crippen LogP contribution in [0.25, 0.3) is 16.6 Å². The van der Waals surface area contributed by atoms with Crippen molar-refractivity contribution in [3.8, 4) is 5.69 Å². The number of benzene rings is 2. The van der Waals surface area contributed by atoms with Gasteiger partial charge in [0.15, 0.2) is 0 Å². The van der Waals surface area contributed by atoms with Crippen molar-refractivity contribution in [3.63, 3.8) is 0 Å². The van der Waals surface area contributed by atoms with Crippen LogP contribution in [0.3, 0.4) is 0 Å². The first-order valence-electron chi connectivity index (χ1n) is 7.92. The summed E-state index contributed by atoms with van der Waals surface area (Å²) in [5.74, 6) is 0. The van der Waals surface area contributed by atoms with Crippen LogP contribution in [0, 0.1) is 0 Å². The third-order valence-electron chi connectivity index (χ3n) is 3.93. The molecule has 2 N–H and O–H groups in total. The van der Waals surface area contributed by atoms with E-state index in [4.69, 9.17) is 11.6 Å². The van der Waals surface area contributed by atoms with Crippen LogP contribution < -0.4 is 11.0 Å². The molecule has 26 heavy (non-hydrogen) atoms. The summed E-state index contributed by atoms with van der Waals surface area (Å²) in [6.07, 6.45) is 5.00. The lowest BCUT2D eigenvalue weighted by Gasteiger charge is -2.07. The maximum Gasteiger partial charge on any atom is 0.292 e. The highest BCUT2D eigenvalue weighted by Gasteiger charge is 2.10. The Morgan fingerprint density at radius 3 is 2.73 bits per heavy atom. The molecule has 4 aromatic rings. The number of para-hydroxylation sites is 2. The number of H-pyrrole nitrogens is 1. The number of nitrogens with zero attached hydrogens (tertiary/aromatic N) is 3. The molecule has 0 radical (unpaired) electrons. The molecule has 0 unspecified atom stereocenters. The van der Waals surface area contributed by atoms with Gasteiger partial charge < -0.3 is 4.98 Å². The minimum atomic E-state index is -0.412. The maximum absolute atomic E-state index is 12.4. The van der Waals surface area contributed by atoms with Gasteiger partial charge in [-0.2, -0.15) is 14.9 Å². The maximum atomic E-state index is 12.4. The normalized spacial score (nSPS) is 11.3. The van der Waals surface area contributed by atoms with Gasteiger partial charge in [0.2, 0.25) is 0 Å². The molecule has 6 nitrogen and oxygen atoms in total. The Bertz CT molecular complexity index is 1150. The second kappa shape index (κ2) is 6.85. The number of anilines is 1. The number of halogens is 1. The van der Waals surface area contributed by atoms with Gasteiger partial charge in [0, 0.05) is 22.7 Å². The average Bonchev–Trinajstić information content (AvgIpc) is 3.09. The zero-order valence-electron chi connectivity index (χ0n) is 13.6. The second-order valence-corrected chi connectivity index (χ2v) is 5.96. The number of nitrogens with one attached hydrogen (secondary N) is 2. The van der Waals surface area contributed by atoms with Crippen molar-refractivity contribution >= 4 is 34.4 Å². The van der Waals surface area contributed by atoms with Gasteiger partial charge in [-0.3, -0.25) is 10.2 Å². The van der Waals surface area contributed by atoms with Crippen molar-refractivity contribution in [1.29, 1.82) is 0 Å². The summed E-state index contributed by atoms with van der Waals surface area (Å²) in [7, 11) is 0. The first-order valence-corrected chi connectivity index (χ1v) is 8.30. The predicted molar refractivity (Wildman–Crippen MR) is 104 cm³/mol. The number of aromatic amines is 1. The smallest absolute Gasteiger partial charge is 0.292 e. The zero-order chi connectivity index (χ0) is 17.9. The molecule has 0 amide bonds. The van der Waals surface area contributed by atoms with Gasteiger partial charge in [-0.25, -0.2) is 0 Å². The van der Waals surface area contributed by atoms with Gasteiger partial charge in [-0.1, -0.05) is 48.0 Å². The SMILES string of the molecule is O=c1c(Cl)c(N/N=C/c2c[nH]c3ccccc23)cnn1-c1ccccc1. The first kappa shape index (κ1) is 16.1. The van der Waals surface area contributed by atoms with Crippen LogP contribution in [0.15, 0.2) is 76.9 Å². The van der Waals surface area contributed by atoms with Gasteiger partial charge >= 0.3 is 0 Å². The fourth-order valence-corrected chi connectivity index (χ4v) is 2.81. The lowest BCUT2D eigenvalue weighted by molar-refractivity contribution is 0.808. The van der Waals surface area contributed by atoms with Crippen LogP contribution in [0.1, 0.15) is 5.56 Å². The topological polar surface area (TPSA) is 75.1 Å². The Hall–Kier alpha value is -3.38. The molecule has 7 heteroatoms. The van der Waals surface area contributed by atoms with E-state index in [9.17, 15) is 4.79 Å². The molecular weight excluding hydrogens is 350 g/mol. The summed E-state index contributed by atoms with van der Waals surface area (Å²) >= 11 is 6.19. The van der Waals surface area contributed by atoms with Crippen LogP contribution >= 0.6 is 11.6 Å². The number of fused-ring (bicyclic) bond motifs is 1. The average molecular weight is 364 g/mol. The molecule has 0 saturated heterocycles. The van der Waals surface area contributed by atoms with Crippen LogP contribution in [-0.2, 0) is 0 Å². The third kappa shape index (κ3) is 2.98. The number of aromatic nitrogens is 3. The number of rotatable bonds is 4. The highest BCUT2D eigenvalue weighted by molar-refractivity contribution is 6.33.